The maximum atomic E-state index is 13.5. The average molecular weight is 575 g/mol. The Morgan fingerprint density at radius 3 is 1.50 bits per heavy atom. The van der Waals surface area contributed by atoms with Crippen molar-refractivity contribution in [2.75, 3.05) is 5.75 Å². The molecular formula is C31H24F2N2O3S2. The third kappa shape index (κ3) is 8.36. The lowest BCUT2D eigenvalue weighted by molar-refractivity contribution is 0.463. The molecule has 9 heteroatoms. The second kappa shape index (κ2) is 13.7. The number of hydrogen-bond donors (Lipinski definition) is 0. The standard InChI is InChI=1S/C24H17F2N2S.C7H8O3S/c1-17-2-4-18(5-3-17)24(19(14-27)15-28)16-29(22-10-6-20(25)7-11-22)23-12-8-21(26)9-13-23;1-6-2-4-7(5-3-6)11(8,9)10/h2-13H,16H2,1H3;2-5H,1H3,(H,8,9,10)/q+1;/p-1. The molecule has 0 fully saturated rings. The Kier molecular flexibility index (Phi) is 10.4. The fourth-order valence-electron chi connectivity index (χ4n) is 3.56. The van der Waals surface area contributed by atoms with Gasteiger partial charge in [-0.2, -0.15) is 10.5 Å². The number of allylic oxidation sites excluding steroid dienone is 1. The second-order valence-electron chi connectivity index (χ2n) is 8.65. The van der Waals surface area contributed by atoms with Crippen LogP contribution in [0.25, 0.3) is 5.57 Å². The quantitative estimate of drug-likeness (QED) is 0.145. The van der Waals surface area contributed by atoms with Gasteiger partial charge in [-0.05, 0) is 80.1 Å². The van der Waals surface area contributed by atoms with Crippen LogP contribution < -0.4 is 0 Å². The van der Waals surface area contributed by atoms with Gasteiger partial charge in [0, 0.05) is 5.57 Å². The summed E-state index contributed by atoms with van der Waals surface area (Å²) in [6.07, 6.45) is 0. The molecule has 0 atom stereocenters. The molecule has 202 valence electrons. The maximum absolute atomic E-state index is 13.5. The van der Waals surface area contributed by atoms with Gasteiger partial charge in [-0.25, -0.2) is 17.2 Å². The highest BCUT2D eigenvalue weighted by atomic mass is 32.2. The predicted octanol–water partition coefficient (Wildman–Crippen LogP) is 6.71. The summed E-state index contributed by atoms with van der Waals surface area (Å²) in [6, 6.07) is 29.7. The van der Waals surface area contributed by atoms with Crippen LogP contribution in [0, 0.1) is 48.1 Å². The van der Waals surface area contributed by atoms with Crippen LogP contribution in [0.5, 0.6) is 0 Å². The Morgan fingerprint density at radius 2 is 1.12 bits per heavy atom. The molecule has 40 heavy (non-hydrogen) atoms. The first-order valence-corrected chi connectivity index (χ1v) is 14.7. The zero-order valence-corrected chi connectivity index (χ0v) is 23.3. The summed E-state index contributed by atoms with van der Waals surface area (Å²) in [5.41, 5.74) is 3.44. The largest absolute Gasteiger partial charge is 0.744 e. The zero-order valence-electron chi connectivity index (χ0n) is 21.6. The molecule has 0 aliphatic heterocycles. The van der Waals surface area contributed by atoms with Crippen molar-refractivity contribution in [1.82, 2.24) is 0 Å². The van der Waals surface area contributed by atoms with Gasteiger partial charge in [0.15, 0.2) is 9.79 Å². The van der Waals surface area contributed by atoms with Gasteiger partial charge in [0.1, 0.15) is 45.2 Å². The predicted molar refractivity (Wildman–Crippen MR) is 150 cm³/mol. The molecule has 4 rings (SSSR count). The van der Waals surface area contributed by atoms with Gasteiger partial charge < -0.3 is 4.55 Å². The van der Waals surface area contributed by atoms with E-state index in [1.165, 1.54) is 36.4 Å². The lowest BCUT2D eigenvalue weighted by Crippen LogP contribution is -2.12. The fraction of sp³-hybridized carbons (Fsp3) is 0.0968. The van der Waals surface area contributed by atoms with Crippen LogP contribution in [0.3, 0.4) is 0 Å². The van der Waals surface area contributed by atoms with Crippen molar-refractivity contribution in [3.05, 3.63) is 131 Å². The van der Waals surface area contributed by atoms with Gasteiger partial charge in [-0.3, -0.25) is 0 Å². The smallest absolute Gasteiger partial charge is 0.161 e. The number of nitriles is 2. The van der Waals surface area contributed by atoms with Crippen LogP contribution in [0.1, 0.15) is 16.7 Å². The average Bonchev–Trinajstić information content (AvgIpc) is 2.93. The first-order valence-electron chi connectivity index (χ1n) is 11.9. The summed E-state index contributed by atoms with van der Waals surface area (Å²) >= 11 is 0. The van der Waals surface area contributed by atoms with Crippen molar-refractivity contribution in [3.8, 4) is 12.1 Å². The molecule has 0 saturated carbocycles. The molecule has 0 bridgehead atoms. The van der Waals surface area contributed by atoms with Crippen molar-refractivity contribution in [1.29, 1.82) is 10.5 Å². The molecule has 0 saturated heterocycles. The first-order chi connectivity index (χ1) is 19.0. The number of aryl methyl sites for hydroxylation is 2. The third-order valence-corrected chi connectivity index (χ3v) is 8.83. The number of nitrogens with zero attached hydrogens (tertiary/aromatic N) is 2. The molecule has 4 aromatic carbocycles. The van der Waals surface area contributed by atoms with Gasteiger partial charge in [0.2, 0.25) is 0 Å². The molecule has 0 radical (unpaired) electrons. The van der Waals surface area contributed by atoms with Crippen molar-refractivity contribution in [3.63, 3.8) is 0 Å². The zero-order chi connectivity index (χ0) is 29.3. The van der Waals surface area contributed by atoms with Crippen LogP contribution in [-0.2, 0) is 21.0 Å². The highest BCUT2D eigenvalue weighted by Gasteiger charge is 2.29. The Bertz CT molecular complexity index is 1610. The number of benzene rings is 4. The molecule has 0 aliphatic rings. The van der Waals surface area contributed by atoms with Crippen molar-refractivity contribution in [2.45, 2.75) is 28.5 Å². The second-order valence-corrected chi connectivity index (χ2v) is 12.0. The van der Waals surface area contributed by atoms with Crippen LogP contribution >= 0.6 is 0 Å². The van der Waals surface area contributed by atoms with Crippen LogP contribution in [-0.4, -0.2) is 18.7 Å². The topological polar surface area (TPSA) is 105 Å². The van der Waals surface area contributed by atoms with E-state index in [0.29, 0.717) is 11.3 Å². The van der Waals surface area contributed by atoms with Crippen LogP contribution in [0.15, 0.2) is 117 Å². The minimum absolute atomic E-state index is 0.0376. The molecule has 0 N–H and O–H groups in total. The number of rotatable bonds is 6. The Morgan fingerprint density at radius 1 is 0.725 bits per heavy atom. The molecule has 0 aliphatic carbocycles. The first kappa shape index (κ1) is 30.3. The third-order valence-electron chi connectivity index (χ3n) is 5.72. The van der Waals surface area contributed by atoms with E-state index >= 15 is 0 Å². The van der Waals surface area contributed by atoms with E-state index in [0.717, 1.165) is 26.5 Å². The molecule has 0 heterocycles. The summed E-state index contributed by atoms with van der Waals surface area (Å²) in [4.78, 5) is 1.51. The van der Waals surface area contributed by atoms with Crippen LogP contribution in [0.2, 0.25) is 0 Å². The highest BCUT2D eigenvalue weighted by Crippen LogP contribution is 2.31. The molecule has 0 aromatic heterocycles. The van der Waals surface area contributed by atoms with Gasteiger partial charge in [-0.1, -0.05) is 47.5 Å². The molecule has 0 spiro atoms. The van der Waals surface area contributed by atoms with E-state index in [9.17, 15) is 32.3 Å². The van der Waals surface area contributed by atoms with E-state index in [4.69, 9.17) is 0 Å². The summed E-state index contributed by atoms with van der Waals surface area (Å²) in [5, 5.41) is 19.0. The molecule has 4 aromatic rings. The van der Waals surface area contributed by atoms with Crippen molar-refractivity contribution < 1.29 is 21.8 Å². The van der Waals surface area contributed by atoms with E-state index < -0.39 is 21.0 Å². The molecule has 5 nitrogen and oxygen atoms in total. The highest BCUT2D eigenvalue weighted by molar-refractivity contribution is 7.97. The Hall–Kier alpha value is -4.28. The lowest BCUT2D eigenvalue weighted by Gasteiger charge is -2.12. The van der Waals surface area contributed by atoms with E-state index in [1.807, 2.05) is 50.3 Å². The lowest BCUT2D eigenvalue weighted by atomic mass is 10.0. The van der Waals surface area contributed by atoms with E-state index in [2.05, 4.69) is 0 Å². The molecule has 0 unspecified atom stereocenters. The number of hydrogen-bond acceptors (Lipinski definition) is 5. The van der Waals surface area contributed by atoms with Gasteiger partial charge >= 0.3 is 0 Å². The van der Waals surface area contributed by atoms with Gasteiger partial charge in [-0.15, -0.1) is 0 Å². The van der Waals surface area contributed by atoms with Gasteiger partial charge in [0.05, 0.1) is 15.8 Å². The number of halogens is 2. The summed E-state index contributed by atoms with van der Waals surface area (Å²) < 4.78 is 58.1. The maximum Gasteiger partial charge on any atom is 0.161 e. The Labute approximate surface area is 235 Å². The van der Waals surface area contributed by atoms with E-state index in [1.54, 1.807) is 36.4 Å². The SMILES string of the molecule is Cc1ccc(C(C[S+](c2ccc(F)cc2)c2ccc(F)cc2)=C(C#N)C#N)cc1.Cc1ccc(S(=O)(=O)[O-])cc1. The van der Waals surface area contributed by atoms with Crippen LogP contribution in [0.4, 0.5) is 8.78 Å². The van der Waals surface area contributed by atoms with Crippen molar-refractivity contribution in [2.24, 2.45) is 0 Å². The Balaban J connectivity index is 0.000000336. The minimum Gasteiger partial charge on any atom is -0.744 e. The fourth-order valence-corrected chi connectivity index (χ4v) is 6.17. The summed E-state index contributed by atoms with van der Waals surface area (Å²) in [6.45, 7) is 3.78. The normalized spacial score (nSPS) is 10.6. The van der Waals surface area contributed by atoms with E-state index in [-0.39, 0.29) is 22.1 Å². The van der Waals surface area contributed by atoms with Crippen molar-refractivity contribution >= 4 is 26.6 Å². The molecule has 0 amide bonds. The minimum atomic E-state index is -4.27. The monoisotopic (exact) mass is 574 g/mol. The summed E-state index contributed by atoms with van der Waals surface area (Å²) in [5.74, 6) is -0.322. The molecular weight excluding hydrogens is 550 g/mol. The summed E-state index contributed by atoms with van der Waals surface area (Å²) in [7, 11) is -4.89. The van der Waals surface area contributed by atoms with Gasteiger partial charge in [0.25, 0.3) is 0 Å².